The summed E-state index contributed by atoms with van der Waals surface area (Å²) in [6.07, 6.45) is 0.200. The van der Waals surface area contributed by atoms with Crippen molar-refractivity contribution in [2.24, 2.45) is 5.92 Å². The van der Waals surface area contributed by atoms with Crippen LogP contribution >= 0.6 is 0 Å². The molecule has 1 aliphatic rings. The van der Waals surface area contributed by atoms with Crippen LogP contribution in [0.25, 0.3) is 0 Å². The Hall–Kier alpha value is -2.95. The van der Waals surface area contributed by atoms with E-state index in [1.165, 1.54) is 6.92 Å². The van der Waals surface area contributed by atoms with Gasteiger partial charge >= 0.3 is 0 Å². The van der Waals surface area contributed by atoms with E-state index in [1.807, 2.05) is 31.2 Å². The van der Waals surface area contributed by atoms with E-state index in [1.54, 1.807) is 29.2 Å². The molecule has 0 saturated carbocycles. The van der Waals surface area contributed by atoms with Crippen LogP contribution in [0.5, 0.6) is 0 Å². The molecule has 0 aromatic heterocycles. The molecule has 0 bridgehead atoms. The fourth-order valence-corrected chi connectivity index (χ4v) is 2.96. The molecule has 1 heterocycles. The van der Waals surface area contributed by atoms with Crippen molar-refractivity contribution in [1.82, 2.24) is 0 Å². The number of carbonyl (C=O) groups excluding carboxylic acids is 3. The van der Waals surface area contributed by atoms with E-state index >= 15 is 0 Å². The van der Waals surface area contributed by atoms with Crippen LogP contribution in [-0.4, -0.2) is 24.1 Å². The second-order valence-corrected chi connectivity index (χ2v) is 6.37. The average molecular weight is 336 g/mol. The number of benzene rings is 2. The van der Waals surface area contributed by atoms with Crippen molar-refractivity contribution in [1.29, 1.82) is 0 Å². The van der Waals surface area contributed by atoms with Gasteiger partial charge in [0.2, 0.25) is 11.8 Å². The predicted octanol–water partition coefficient (Wildman–Crippen LogP) is 3.19. The van der Waals surface area contributed by atoms with E-state index in [9.17, 15) is 14.4 Å². The van der Waals surface area contributed by atoms with Gasteiger partial charge in [0.1, 0.15) is 0 Å². The van der Waals surface area contributed by atoms with Crippen molar-refractivity contribution in [2.75, 3.05) is 16.8 Å². The second-order valence-electron chi connectivity index (χ2n) is 6.37. The van der Waals surface area contributed by atoms with E-state index < -0.39 is 0 Å². The average Bonchev–Trinajstić information content (AvgIpc) is 2.97. The lowest BCUT2D eigenvalue weighted by Crippen LogP contribution is -2.28. The number of nitrogens with zero attached hydrogens (tertiary/aromatic N) is 1. The molecule has 0 aliphatic carbocycles. The van der Waals surface area contributed by atoms with Gasteiger partial charge in [-0.05, 0) is 55.8 Å². The topological polar surface area (TPSA) is 66.5 Å². The minimum Gasteiger partial charge on any atom is -0.326 e. The van der Waals surface area contributed by atoms with Gasteiger partial charge in [-0.25, -0.2) is 0 Å². The summed E-state index contributed by atoms with van der Waals surface area (Å²) in [5.74, 6) is -0.634. The largest absolute Gasteiger partial charge is 0.326 e. The number of rotatable bonds is 4. The van der Waals surface area contributed by atoms with Crippen LogP contribution in [0, 0.1) is 12.8 Å². The molecule has 5 nitrogen and oxygen atoms in total. The molecule has 5 heteroatoms. The van der Waals surface area contributed by atoms with Gasteiger partial charge in [0.05, 0.1) is 5.92 Å². The molecular weight excluding hydrogens is 316 g/mol. The highest BCUT2D eigenvalue weighted by Crippen LogP contribution is 2.26. The summed E-state index contributed by atoms with van der Waals surface area (Å²) < 4.78 is 0. The summed E-state index contributed by atoms with van der Waals surface area (Å²) in [5, 5.41) is 2.82. The lowest BCUT2D eigenvalue weighted by Gasteiger charge is -2.17. The maximum absolute atomic E-state index is 12.5. The van der Waals surface area contributed by atoms with Crippen LogP contribution in [0.3, 0.4) is 0 Å². The molecule has 2 amide bonds. The first kappa shape index (κ1) is 16.9. The van der Waals surface area contributed by atoms with Crippen molar-refractivity contribution in [3.8, 4) is 0 Å². The lowest BCUT2D eigenvalue weighted by molar-refractivity contribution is -0.122. The normalized spacial score (nSPS) is 16.8. The third kappa shape index (κ3) is 3.76. The van der Waals surface area contributed by atoms with Gasteiger partial charge in [0, 0.05) is 29.9 Å². The third-order valence-corrected chi connectivity index (χ3v) is 4.37. The first-order valence-electron chi connectivity index (χ1n) is 8.23. The third-order valence-electron chi connectivity index (χ3n) is 4.37. The molecule has 3 rings (SSSR count). The lowest BCUT2D eigenvalue weighted by atomic mass is 10.1. The van der Waals surface area contributed by atoms with Crippen LogP contribution in [0.4, 0.5) is 11.4 Å². The van der Waals surface area contributed by atoms with Crippen LogP contribution in [-0.2, 0) is 9.59 Å². The Kier molecular flexibility index (Phi) is 4.65. The Balaban J connectivity index is 1.67. The van der Waals surface area contributed by atoms with Crippen LogP contribution in [0.15, 0.2) is 48.5 Å². The van der Waals surface area contributed by atoms with E-state index in [0.29, 0.717) is 17.8 Å². The number of carbonyl (C=O) groups is 3. The number of Topliss-reactive ketones (excluding diaryl/α,β-unsaturated/α-hetero) is 1. The molecule has 1 atom stereocenters. The van der Waals surface area contributed by atoms with Crippen molar-refractivity contribution < 1.29 is 14.4 Å². The molecule has 1 N–H and O–H groups in total. The van der Waals surface area contributed by atoms with E-state index in [-0.39, 0.29) is 29.9 Å². The zero-order valence-electron chi connectivity index (χ0n) is 14.3. The number of aryl methyl sites for hydroxylation is 1. The number of anilines is 2. The van der Waals surface area contributed by atoms with Crippen LogP contribution in [0.2, 0.25) is 0 Å². The number of nitrogens with one attached hydrogen (secondary N) is 1. The van der Waals surface area contributed by atoms with Crippen molar-refractivity contribution in [2.45, 2.75) is 20.3 Å². The molecule has 1 fully saturated rings. The number of ketones is 1. The standard InChI is InChI=1S/C20H20N2O3/c1-13-4-3-5-18(10-13)22-12-16(11-19(22)24)20(25)21-17-8-6-15(7-9-17)14(2)23/h3-10,16H,11-12H2,1-2H3,(H,21,25)/t16-/m0/s1. The summed E-state index contributed by atoms with van der Waals surface area (Å²) in [6, 6.07) is 14.5. The van der Waals surface area contributed by atoms with Crippen LogP contribution in [0.1, 0.15) is 29.3 Å². The zero-order valence-corrected chi connectivity index (χ0v) is 14.3. The molecule has 0 spiro atoms. The highest BCUT2D eigenvalue weighted by atomic mass is 16.2. The molecule has 0 unspecified atom stereocenters. The summed E-state index contributed by atoms with van der Waals surface area (Å²) in [7, 11) is 0. The van der Waals surface area contributed by atoms with Crippen LogP contribution < -0.4 is 10.2 Å². The minimum atomic E-state index is -0.388. The Morgan fingerprint density at radius 1 is 1.12 bits per heavy atom. The molecule has 1 saturated heterocycles. The fraction of sp³-hybridized carbons (Fsp3) is 0.250. The summed E-state index contributed by atoms with van der Waals surface area (Å²) in [6.45, 7) is 3.84. The molecular formula is C20H20N2O3. The molecule has 0 radical (unpaired) electrons. The number of amides is 2. The summed E-state index contributed by atoms with van der Waals surface area (Å²) in [5.41, 5.74) is 3.12. The van der Waals surface area contributed by atoms with Crippen molar-refractivity contribution in [3.05, 3.63) is 59.7 Å². The first-order chi connectivity index (χ1) is 11.9. The maximum Gasteiger partial charge on any atom is 0.229 e. The van der Waals surface area contributed by atoms with Gasteiger partial charge in [-0.1, -0.05) is 12.1 Å². The van der Waals surface area contributed by atoms with E-state index in [0.717, 1.165) is 11.3 Å². The number of hydrogen-bond acceptors (Lipinski definition) is 3. The smallest absolute Gasteiger partial charge is 0.229 e. The fourth-order valence-electron chi connectivity index (χ4n) is 2.96. The van der Waals surface area contributed by atoms with E-state index in [2.05, 4.69) is 5.32 Å². The SMILES string of the molecule is CC(=O)c1ccc(NC(=O)[C@H]2CC(=O)N(c3cccc(C)c3)C2)cc1. The van der Waals surface area contributed by atoms with Crippen molar-refractivity contribution >= 4 is 29.0 Å². The molecule has 25 heavy (non-hydrogen) atoms. The highest BCUT2D eigenvalue weighted by molar-refractivity contribution is 6.03. The first-order valence-corrected chi connectivity index (χ1v) is 8.23. The Morgan fingerprint density at radius 3 is 2.48 bits per heavy atom. The predicted molar refractivity (Wildman–Crippen MR) is 96.7 cm³/mol. The molecule has 2 aromatic carbocycles. The molecule has 1 aliphatic heterocycles. The van der Waals surface area contributed by atoms with Gasteiger partial charge in [-0.15, -0.1) is 0 Å². The van der Waals surface area contributed by atoms with Gasteiger partial charge in [0.15, 0.2) is 5.78 Å². The quantitative estimate of drug-likeness (QED) is 0.872. The van der Waals surface area contributed by atoms with Gasteiger partial charge in [-0.2, -0.15) is 0 Å². The molecule has 128 valence electrons. The highest BCUT2D eigenvalue weighted by Gasteiger charge is 2.35. The second kappa shape index (κ2) is 6.89. The summed E-state index contributed by atoms with van der Waals surface area (Å²) in [4.78, 5) is 37.7. The van der Waals surface area contributed by atoms with Crippen molar-refractivity contribution in [3.63, 3.8) is 0 Å². The van der Waals surface area contributed by atoms with Gasteiger partial charge in [0.25, 0.3) is 0 Å². The monoisotopic (exact) mass is 336 g/mol. The van der Waals surface area contributed by atoms with Gasteiger partial charge < -0.3 is 10.2 Å². The minimum absolute atomic E-state index is 0.0203. The Morgan fingerprint density at radius 2 is 1.84 bits per heavy atom. The Bertz CT molecular complexity index is 827. The van der Waals surface area contributed by atoms with Gasteiger partial charge in [-0.3, -0.25) is 14.4 Å². The summed E-state index contributed by atoms with van der Waals surface area (Å²) >= 11 is 0. The molecule has 2 aromatic rings. The maximum atomic E-state index is 12.5. The van der Waals surface area contributed by atoms with E-state index in [4.69, 9.17) is 0 Å². The Labute approximate surface area is 146 Å². The number of hydrogen-bond donors (Lipinski definition) is 1. The zero-order chi connectivity index (χ0) is 18.0.